The molecule has 0 aliphatic carbocycles. The third-order valence-corrected chi connectivity index (χ3v) is 4.63. The zero-order valence-corrected chi connectivity index (χ0v) is 13.0. The van der Waals surface area contributed by atoms with Gasteiger partial charge in [-0.25, -0.2) is 0 Å². The molecule has 4 heteroatoms. The molecule has 1 heterocycles. The van der Waals surface area contributed by atoms with Gasteiger partial charge >= 0.3 is 0 Å². The SMILES string of the molecule is Cc1ccc(C(=O)N2CCC(C)C2CCl)c(Br)c1. The van der Waals surface area contributed by atoms with E-state index in [1.54, 1.807) is 0 Å². The lowest BCUT2D eigenvalue weighted by atomic mass is 10.0. The molecule has 1 fully saturated rings. The Labute approximate surface area is 121 Å². The van der Waals surface area contributed by atoms with E-state index < -0.39 is 0 Å². The van der Waals surface area contributed by atoms with Crippen LogP contribution >= 0.6 is 27.5 Å². The van der Waals surface area contributed by atoms with Crippen molar-refractivity contribution in [3.05, 3.63) is 33.8 Å². The molecule has 2 nitrogen and oxygen atoms in total. The van der Waals surface area contributed by atoms with Crippen LogP contribution in [0.1, 0.15) is 29.3 Å². The topological polar surface area (TPSA) is 20.3 Å². The lowest BCUT2D eigenvalue weighted by molar-refractivity contribution is 0.0736. The molecule has 1 aliphatic rings. The highest BCUT2D eigenvalue weighted by atomic mass is 79.9. The van der Waals surface area contributed by atoms with Crippen LogP contribution in [0.5, 0.6) is 0 Å². The maximum Gasteiger partial charge on any atom is 0.255 e. The van der Waals surface area contributed by atoms with Gasteiger partial charge in [-0.1, -0.05) is 13.0 Å². The van der Waals surface area contributed by atoms with Crippen LogP contribution < -0.4 is 0 Å². The standard InChI is InChI=1S/C14H17BrClNO/c1-9-3-4-11(12(15)7-9)14(18)17-6-5-10(2)13(17)8-16/h3-4,7,10,13H,5-6,8H2,1-2H3. The van der Waals surface area contributed by atoms with E-state index in [0.29, 0.717) is 11.8 Å². The summed E-state index contributed by atoms with van der Waals surface area (Å²) in [4.78, 5) is 14.4. The fraction of sp³-hybridized carbons (Fsp3) is 0.500. The van der Waals surface area contributed by atoms with E-state index in [9.17, 15) is 4.79 Å². The van der Waals surface area contributed by atoms with E-state index in [2.05, 4.69) is 22.9 Å². The summed E-state index contributed by atoms with van der Waals surface area (Å²) < 4.78 is 0.861. The lowest BCUT2D eigenvalue weighted by Crippen LogP contribution is -2.38. The van der Waals surface area contributed by atoms with Crippen molar-refractivity contribution in [2.45, 2.75) is 26.3 Å². The number of halogens is 2. The minimum atomic E-state index is 0.0804. The molecule has 0 radical (unpaired) electrons. The quantitative estimate of drug-likeness (QED) is 0.754. The Balaban J connectivity index is 2.26. The van der Waals surface area contributed by atoms with Gasteiger partial charge in [0.2, 0.25) is 0 Å². The molecule has 2 atom stereocenters. The zero-order chi connectivity index (χ0) is 13.3. The van der Waals surface area contributed by atoms with Gasteiger partial charge < -0.3 is 4.90 Å². The molecule has 2 unspecified atom stereocenters. The molecule has 98 valence electrons. The minimum absolute atomic E-state index is 0.0804. The third-order valence-electron chi connectivity index (χ3n) is 3.66. The van der Waals surface area contributed by atoms with Crippen LogP contribution in [0, 0.1) is 12.8 Å². The summed E-state index contributed by atoms with van der Waals surface area (Å²) in [6, 6.07) is 5.98. The Morgan fingerprint density at radius 1 is 1.56 bits per heavy atom. The number of aryl methyl sites for hydroxylation is 1. The first-order valence-electron chi connectivity index (χ1n) is 6.17. The summed E-state index contributed by atoms with van der Waals surface area (Å²) in [5.41, 5.74) is 1.87. The molecule has 0 N–H and O–H groups in total. The van der Waals surface area contributed by atoms with E-state index in [-0.39, 0.29) is 11.9 Å². The number of alkyl halides is 1. The largest absolute Gasteiger partial charge is 0.334 e. The molecule has 1 aromatic rings. The maximum absolute atomic E-state index is 12.5. The number of carbonyl (C=O) groups is 1. The Hall–Kier alpha value is -0.540. The van der Waals surface area contributed by atoms with Gasteiger partial charge in [0.15, 0.2) is 0 Å². The highest BCUT2D eigenvalue weighted by molar-refractivity contribution is 9.10. The molecule has 0 saturated carbocycles. The number of hydrogen-bond acceptors (Lipinski definition) is 1. The van der Waals surface area contributed by atoms with Gasteiger partial charge in [0.05, 0.1) is 5.56 Å². The number of amides is 1. The van der Waals surface area contributed by atoms with Gasteiger partial charge in [0.25, 0.3) is 5.91 Å². The first kappa shape index (κ1) is 13.9. The van der Waals surface area contributed by atoms with E-state index in [1.165, 1.54) is 0 Å². The van der Waals surface area contributed by atoms with Crippen LogP contribution in [-0.4, -0.2) is 29.3 Å². The fourth-order valence-electron chi connectivity index (χ4n) is 2.44. The molecule has 18 heavy (non-hydrogen) atoms. The lowest BCUT2D eigenvalue weighted by Gasteiger charge is -2.25. The van der Waals surface area contributed by atoms with Crippen molar-refractivity contribution in [1.29, 1.82) is 0 Å². The van der Waals surface area contributed by atoms with Crippen molar-refractivity contribution in [3.63, 3.8) is 0 Å². The fourth-order valence-corrected chi connectivity index (χ4v) is 3.58. The van der Waals surface area contributed by atoms with Crippen molar-refractivity contribution in [2.24, 2.45) is 5.92 Å². The molecule has 1 amide bonds. The van der Waals surface area contributed by atoms with Crippen LogP contribution in [0.4, 0.5) is 0 Å². The number of hydrogen-bond donors (Lipinski definition) is 0. The molecular weight excluding hydrogens is 314 g/mol. The molecule has 1 saturated heterocycles. The monoisotopic (exact) mass is 329 g/mol. The molecule has 2 rings (SSSR count). The maximum atomic E-state index is 12.5. The van der Waals surface area contributed by atoms with Crippen LogP contribution in [0.15, 0.2) is 22.7 Å². The summed E-state index contributed by atoms with van der Waals surface area (Å²) in [6.07, 6.45) is 1.03. The minimum Gasteiger partial charge on any atom is -0.334 e. The number of benzene rings is 1. The van der Waals surface area contributed by atoms with Crippen molar-refractivity contribution >= 4 is 33.4 Å². The van der Waals surface area contributed by atoms with E-state index in [4.69, 9.17) is 11.6 Å². The second-order valence-electron chi connectivity index (χ2n) is 4.97. The van der Waals surface area contributed by atoms with Crippen molar-refractivity contribution in [2.75, 3.05) is 12.4 Å². The second-order valence-corrected chi connectivity index (χ2v) is 6.13. The van der Waals surface area contributed by atoms with Gasteiger partial charge in [-0.15, -0.1) is 11.6 Å². The average molecular weight is 331 g/mol. The number of carbonyl (C=O) groups excluding carboxylic acids is 1. The molecule has 1 aromatic carbocycles. The van der Waals surface area contributed by atoms with Crippen molar-refractivity contribution < 1.29 is 4.79 Å². The molecule has 0 aromatic heterocycles. The number of nitrogens with zero attached hydrogens (tertiary/aromatic N) is 1. The summed E-state index contributed by atoms with van der Waals surface area (Å²) in [6.45, 7) is 4.97. The third kappa shape index (κ3) is 2.57. The zero-order valence-electron chi connectivity index (χ0n) is 10.6. The predicted octanol–water partition coefficient (Wildman–Crippen LogP) is 3.85. The van der Waals surface area contributed by atoms with Crippen molar-refractivity contribution in [3.8, 4) is 0 Å². The van der Waals surface area contributed by atoms with E-state index >= 15 is 0 Å². The van der Waals surface area contributed by atoms with Crippen molar-refractivity contribution in [1.82, 2.24) is 4.90 Å². The van der Waals surface area contributed by atoms with Gasteiger partial charge in [-0.05, 0) is 52.9 Å². The predicted molar refractivity (Wildman–Crippen MR) is 78.2 cm³/mol. The molecule has 1 aliphatic heterocycles. The number of rotatable bonds is 2. The Morgan fingerprint density at radius 2 is 2.28 bits per heavy atom. The highest BCUT2D eigenvalue weighted by Crippen LogP contribution is 2.28. The summed E-state index contributed by atoms with van der Waals surface area (Å²) in [5, 5.41) is 0. The highest BCUT2D eigenvalue weighted by Gasteiger charge is 2.34. The molecule has 0 bridgehead atoms. The Kier molecular flexibility index (Phi) is 4.33. The van der Waals surface area contributed by atoms with Crippen LogP contribution in [0.2, 0.25) is 0 Å². The normalized spacial score (nSPS) is 23.4. The Bertz CT molecular complexity index is 463. The first-order chi connectivity index (χ1) is 8.54. The van der Waals surface area contributed by atoms with Crippen LogP contribution in [-0.2, 0) is 0 Å². The molecular formula is C14H17BrClNO. The Morgan fingerprint density at radius 3 is 2.89 bits per heavy atom. The van der Waals surface area contributed by atoms with Gasteiger partial charge in [0.1, 0.15) is 0 Å². The summed E-state index contributed by atoms with van der Waals surface area (Å²) >= 11 is 9.46. The van der Waals surface area contributed by atoms with Gasteiger partial charge in [-0.2, -0.15) is 0 Å². The van der Waals surface area contributed by atoms with Gasteiger partial charge in [0, 0.05) is 22.9 Å². The number of likely N-dealkylation sites (tertiary alicyclic amines) is 1. The van der Waals surface area contributed by atoms with E-state index in [1.807, 2.05) is 30.0 Å². The molecule has 0 spiro atoms. The summed E-state index contributed by atoms with van der Waals surface area (Å²) in [7, 11) is 0. The van der Waals surface area contributed by atoms with Crippen LogP contribution in [0.3, 0.4) is 0 Å². The summed E-state index contributed by atoms with van der Waals surface area (Å²) in [5.74, 6) is 1.07. The van der Waals surface area contributed by atoms with Crippen LogP contribution in [0.25, 0.3) is 0 Å². The second kappa shape index (κ2) is 5.62. The first-order valence-corrected chi connectivity index (χ1v) is 7.50. The smallest absolute Gasteiger partial charge is 0.255 e. The average Bonchev–Trinajstić information content (AvgIpc) is 2.69. The van der Waals surface area contributed by atoms with E-state index in [0.717, 1.165) is 28.6 Å². The van der Waals surface area contributed by atoms with Gasteiger partial charge in [-0.3, -0.25) is 4.79 Å².